The Hall–Kier alpha value is -1.19. The van der Waals surface area contributed by atoms with Crippen LogP contribution in [0.3, 0.4) is 0 Å². The summed E-state index contributed by atoms with van der Waals surface area (Å²) in [5.41, 5.74) is 1.25. The SMILES string of the molecule is C=C1C=CC(C(C)C)=CN1CC(F)(F)F. The summed E-state index contributed by atoms with van der Waals surface area (Å²) in [6.45, 7) is 6.47. The van der Waals surface area contributed by atoms with Crippen molar-refractivity contribution in [2.45, 2.75) is 20.0 Å². The normalized spacial score (nSPS) is 17.3. The van der Waals surface area contributed by atoms with Crippen molar-refractivity contribution in [2.24, 2.45) is 5.92 Å². The van der Waals surface area contributed by atoms with Gasteiger partial charge in [0.1, 0.15) is 6.54 Å². The first-order valence-corrected chi connectivity index (χ1v) is 4.71. The van der Waals surface area contributed by atoms with E-state index < -0.39 is 12.7 Å². The quantitative estimate of drug-likeness (QED) is 0.684. The molecule has 1 rings (SSSR count). The van der Waals surface area contributed by atoms with E-state index in [1.807, 2.05) is 13.8 Å². The Morgan fingerprint density at radius 3 is 2.40 bits per heavy atom. The van der Waals surface area contributed by atoms with Gasteiger partial charge in [0.2, 0.25) is 0 Å². The maximum Gasteiger partial charge on any atom is 0.406 e. The van der Waals surface area contributed by atoms with Gasteiger partial charge in [-0.15, -0.1) is 0 Å². The molecule has 0 atom stereocenters. The van der Waals surface area contributed by atoms with Crippen molar-refractivity contribution in [1.82, 2.24) is 4.90 Å². The lowest BCUT2D eigenvalue weighted by Gasteiger charge is -2.27. The number of alkyl halides is 3. The Bertz CT molecular complexity index is 310. The van der Waals surface area contributed by atoms with Gasteiger partial charge >= 0.3 is 6.18 Å². The summed E-state index contributed by atoms with van der Waals surface area (Å²) in [7, 11) is 0. The zero-order chi connectivity index (χ0) is 11.6. The molecule has 4 heteroatoms. The molecule has 0 aliphatic carbocycles. The molecule has 0 radical (unpaired) electrons. The van der Waals surface area contributed by atoms with Gasteiger partial charge in [-0.1, -0.05) is 26.5 Å². The maximum atomic E-state index is 12.2. The molecule has 1 aliphatic heterocycles. The van der Waals surface area contributed by atoms with Crippen LogP contribution >= 0.6 is 0 Å². The maximum absolute atomic E-state index is 12.2. The van der Waals surface area contributed by atoms with Gasteiger partial charge < -0.3 is 4.90 Å². The Morgan fingerprint density at radius 2 is 1.93 bits per heavy atom. The lowest BCUT2D eigenvalue weighted by atomic mass is 10.0. The third-order valence-corrected chi connectivity index (χ3v) is 2.16. The summed E-state index contributed by atoms with van der Waals surface area (Å²) in [4.78, 5) is 1.13. The first-order valence-electron chi connectivity index (χ1n) is 4.71. The topological polar surface area (TPSA) is 3.24 Å². The van der Waals surface area contributed by atoms with Gasteiger partial charge in [0.15, 0.2) is 0 Å². The molecule has 0 aromatic carbocycles. The summed E-state index contributed by atoms with van der Waals surface area (Å²) in [6.07, 6.45) is 0.730. The highest BCUT2D eigenvalue weighted by atomic mass is 19.4. The molecule has 0 amide bonds. The van der Waals surface area contributed by atoms with E-state index in [9.17, 15) is 13.2 Å². The zero-order valence-electron chi connectivity index (χ0n) is 8.80. The molecular formula is C11H14F3N. The van der Waals surface area contributed by atoms with E-state index in [0.29, 0.717) is 5.70 Å². The minimum atomic E-state index is -4.20. The molecule has 0 aromatic heterocycles. The van der Waals surface area contributed by atoms with Crippen LogP contribution in [0.25, 0.3) is 0 Å². The van der Waals surface area contributed by atoms with E-state index in [4.69, 9.17) is 0 Å². The van der Waals surface area contributed by atoms with Gasteiger partial charge in [-0.2, -0.15) is 13.2 Å². The summed E-state index contributed by atoms with van der Waals surface area (Å²) >= 11 is 0. The van der Waals surface area contributed by atoms with E-state index in [-0.39, 0.29) is 5.92 Å². The van der Waals surface area contributed by atoms with E-state index in [1.165, 1.54) is 6.20 Å². The van der Waals surface area contributed by atoms with Crippen LogP contribution in [0.5, 0.6) is 0 Å². The number of nitrogens with zero attached hydrogens (tertiary/aromatic N) is 1. The highest BCUT2D eigenvalue weighted by Crippen LogP contribution is 2.25. The van der Waals surface area contributed by atoms with E-state index in [1.54, 1.807) is 12.2 Å². The van der Waals surface area contributed by atoms with Crippen molar-refractivity contribution in [3.05, 3.63) is 36.2 Å². The van der Waals surface area contributed by atoms with Crippen LogP contribution in [0.1, 0.15) is 13.8 Å². The Balaban J connectivity index is 2.80. The molecule has 0 saturated carbocycles. The molecule has 84 valence electrons. The van der Waals surface area contributed by atoms with Crippen molar-refractivity contribution in [2.75, 3.05) is 6.54 Å². The molecule has 0 spiro atoms. The molecule has 15 heavy (non-hydrogen) atoms. The summed E-state index contributed by atoms with van der Waals surface area (Å²) in [5, 5.41) is 0. The molecule has 0 saturated heterocycles. The van der Waals surface area contributed by atoms with Gasteiger partial charge in [0, 0.05) is 11.9 Å². The molecule has 1 nitrogen and oxygen atoms in total. The standard InChI is InChI=1S/C11H14F3N/c1-8(2)10-5-4-9(3)15(6-10)7-11(12,13)14/h4-6,8H,3,7H2,1-2H3. The average Bonchev–Trinajstić information content (AvgIpc) is 2.06. The van der Waals surface area contributed by atoms with Gasteiger partial charge in [0.25, 0.3) is 0 Å². The molecule has 0 aromatic rings. The predicted molar refractivity (Wildman–Crippen MR) is 54.0 cm³/mol. The van der Waals surface area contributed by atoms with Crippen molar-refractivity contribution >= 4 is 0 Å². The van der Waals surface area contributed by atoms with E-state index in [0.717, 1.165) is 10.5 Å². The van der Waals surface area contributed by atoms with Crippen LogP contribution in [0.15, 0.2) is 36.2 Å². The first kappa shape index (κ1) is 11.9. The van der Waals surface area contributed by atoms with Crippen molar-refractivity contribution in [3.63, 3.8) is 0 Å². The zero-order valence-corrected chi connectivity index (χ0v) is 8.80. The molecule has 0 unspecified atom stereocenters. The highest BCUT2D eigenvalue weighted by Gasteiger charge is 2.31. The van der Waals surface area contributed by atoms with E-state index in [2.05, 4.69) is 6.58 Å². The summed E-state index contributed by atoms with van der Waals surface area (Å²) < 4.78 is 36.6. The number of allylic oxidation sites excluding steroid dienone is 3. The number of hydrogen-bond acceptors (Lipinski definition) is 1. The lowest BCUT2D eigenvalue weighted by Crippen LogP contribution is -2.30. The summed E-state index contributed by atoms with van der Waals surface area (Å²) in [5.74, 6) is 0.213. The number of rotatable bonds is 2. The lowest BCUT2D eigenvalue weighted by molar-refractivity contribution is -0.136. The highest BCUT2D eigenvalue weighted by molar-refractivity contribution is 5.33. The fourth-order valence-electron chi connectivity index (χ4n) is 1.28. The minimum absolute atomic E-state index is 0.213. The Kier molecular flexibility index (Phi) is 3.27. The second-order valence-corrected chi connectivity index (χ2v) is 3.85. The third kappa shape index (κ3) is 3.46. The number of halogens is 3. The average molecular weight is 217 g/mol. The molecule has 0 N–H and O–H groups in total. The van der Waals surface area contributed by atoms with E-state index >= 15 is 0 Å². The minimum Gasteiger partial charge on any atom is -0.339 e. The fourth-order valence-corrected chi connectivity index (χ4v) is 1.28. The monoisotopic (exact) mass is 217 g/mol. The third-order valence-electron chi connectivity index (χ3n) is 2.16. The van der Waals surface area contributed by atoms with Crippen LogP contribution in [0.2, 0.25) is 0 Å². The number of hydrogen-bond donors (Lipinski definition) is 0. The molecule has 0 fully saturated rings. The van der Waals surface area contributed by atoms with Gasteiger partial charge in [-0.05, 0) is 17.6 Å². The van der Waals surface area contributed by atoms with Crippen LogP contribution in [0.4, 0.5) is 13.2 Å². The van der Waals surface area contributed by atoms with Crippen molar-refractivity contribution < 1.29 is 13.2 Å². The Morgan fingerprint density at radius 1 is 1.33 bits per heavy atom. The van der Waals surface area contributed by atoms with Gasteiger partial charge in [-0.3, -0.25) is 0 Å². The molecule has 1 heterocycles. The van der Waals surface area contributed by atoms with Crippen LogP contribution in [0, 0.1) is 5.92 Å². The van der Waals surface area contributed by atoms with Crippen LogP contribution in [-0.4, -0.2) is 17.6 Å². The molecule has 0 bridgehead atoms. The fraction of sp³-hybridized carbons (Fsp3) is 0.455. The van der Waals surface area contributed by atoms with Gasteiger partial charge in [-0.25, -0.2) is 0 Å². The van der Waals surface area contributed by atoms with Crippen molar-refractivity contribution in [3.8, 4) is 0 Å². The smallest absolute Gasteiger partial charge is 0.339 e. The predicted octanol–water partition coefficient (Wildman–Crippen LogP) is 3.47. The van der Waals surface area contributed by atoms with Crippen LogP contribution < -0.4 is 0 Å². The van der Waals surface area contributed by atoms with Gasteiger partial charge in [0.05, 0.1) is 0 Å². The van der Waals surface area contributed by atoms with Crippen LogP contribution in [-0.2, 0) is 0 Å². The second kappa shape index (κ2) is 4.13. The molecular weight excluding hydrogens is 203 g/mol. The second-order valence-electron chi connectivity index (χ2n) is 3.85. The Labute approximate surface area is 87.6 Å². The summed E-state index contributed by atoms with van der Waals surface area (Å²) in [6, 6.07) is 0. The van der Waals surface area contributed by atoms with Crippen molar-refractivity contribution in [1.29, 1.82) is 0 Å². The molecule has 1 aliphatic rings. The largest absolute Gasteiger partial charge is 0.406 e. The first-order chi connectivity index (χ1) is 6.79.